The number of esters is 1. The molecular weight excluding hydrogens is 232 g/mol. The minimum atomic E-state index is -0.292. The maximum atomic E-state index is 10.6. The number of ether oxygens (including phenoxy) is 2. The molecule has 0 N–H and O–H groups in total. The molecule has 1 heterocycles. The molecule has 0 spiro atoms. The van der Waals surface area contributed by atoms with Gasteiger partial charge in [-0.25, -0.2) is 4.98 Å². The molecule has 2 aromatic rings. The third kappa shape index (κ3) is 2.87. The molecule has 0 radical (unpaired) electrons. The van der Waals surface area contributed by atoms with E-state index >= 15 is 0 Å². The van der Waals surface area contributed by atoms with Crippen molar-refractivity contribution in [3.05, 3.63) is 30.6 Å². The molecule has 0 aliphatic rings. The van der Waals surface area contributed by atoms with Crippen LogP contribution >= 0.6 is 0 Å². The lowest BCUT2D eigenvalue weighted by Crippen LogP contribution is -2.13. The Bertz CT molecular complexity index is 536. The van der Waals surface area contributed by atoms with E-state index in [9.17, 15) is 4.79 Å². The molecule has 0 amide bonds. The molecule has 1 aromatic heterocycles. The van der Waals surface area contributed by atoms with Crippen LogP contribution in [0, 0.1) is 0 Å². The van der Waals surface area contributed by atoms with Gasteiger partial charge in [-0.3, -0.25) is 4.79 Å². The first-order valence-corrected chi connectivity index (χ1v) is 5.85. The minimum absolute atomic E-state index is 0.145. The Morgan fingerprint density at radius 2 is 2.17 bits per heavy atom. The summed E-state index contributed by atoms with van der Waals surface area (Å²) in [5.41, 5.74) is 1.96. The number of carbonyl (C=O) groups excluding carboxylic acids is 1. The van der Waals surface area contributed by atoms with Gasteiger partial charge in [0.05, 0.1) is 24.0 Å². The van der Waals surface area contributed by atoms with Gasteiger partial charge < -0.3 is 14.0 Å². The van der Waals surface area contributed by atoms with E-state index in [4.69, 9.17) is 9.47 Å². The molecule has 0 aliphatic heterocycles. The number of hydrogen-bond acceptors (Lipinski definition) is 4. The van der Waals surface area contributed by atoms with E-state index in [-0.39, 0.29) is 18.8 Å². The summed E-state index contributed by atoms with van der Waals surface area (Å²) in [4.78, 5) is 14.9. The van der Waals surface area contributed by atoms with Gasteiger partial charge >= 0.3 is 5.97 Å². The zero-order valence-electron chi connectivity index (χ0n) is 10.5. The van der Waals surface area contributed by atoms with E-state index < -0.39 is 0 Å². The van der Waals surface area contributed by atoms with Crippen LogP contribution in [0.15, 0.2) is 30.6 Å². The number of imidazole rings is 1. The standard InChI is InChI=1S/C13H16N2O3/c1-10(17-7-8-18-11(2)16)15-9-14-12-5-3-4-6-13(12)15/h3-6,9-10H,7-8H2,1-2H3. The van der Waals surface area contributed by atoms with Crippen LogP contribution in [0.1, 0.15) is 20.1 Å². The summed E-state index contributed by atoms with van der Waals surface area (Å²) >= 11 is 0. The molecule has 1 aromatic carbocycles. The summed E-state index contributed by atoms with van der Waals surface area (Å²) in [5.74, 6) is -0.292. The summed E-state index contributed by atoms with van der Waals surface area (Å²) in [6.45, 7) is 3.95. The van der Waals surface area contributed by atoms with Gasteiger partial charge in [-0.05, 0) is 19.1 Å². The van der Waals surface area contributed by atoms with Gasteiger partial charge in [0.25, 0.3) is 0 Å². The first kappa shape index (κ1) is 12.6. The first-order chi connectivity index (χ1) is 8.68. The Morgan fingerprint density at radius 1 is 1.39 bits per heavy atom. The lowest BCUT2D eigenvalue weighted by molar-refractivity contribution is -0.143. The van der Waals surface area contributed by atoms with Crippen molar-refractivity contribution in [3.8, 4) is 0 Å². The second-order valence-corrected chi connectivity index (χ2v) is 3.95. The lowest BCUT2D eigenvalue weighted by atomic mass is 10.3. The predicted octanol–water partition coefficient (Wildman–Crippen LogP) is 2.13. The van der Waals surface area contributed by atoms with E-state index in [1.54, 1.807) is 6.33 Å². The smallest absolute Gasteiger partial charge is 0.302 e. The number of aromatic nitrogens is 2. The van der Waals surface area contributed by atoms with E-state index in [1.807, 2.05) is 35.8 Å². The third-order valence-corrected chi connectivity index (χ3v) is 2.62. The summed E-state index contributed by atoms with van der Waals surface area (Å²) in [5, 5.41) is 0. The highest BCUT2D eigenvalue weighted by molar-refractivity contribution is 5.75. The Balaban J connectivity index is 1.96. The van der Waals surface area contributed by atoms with Gasteiger partial charge in [0, 0.05) is 6.92 Å². The molecule has 0 saturated heterocycles. The van der Waals surface area contributed by atoms with Crippen molar-refractivity contribution in [1.29, 1.82) is 0 Å². The van der Waals surface area contributed by atoms with Crippen LogP contribution in [-0.4, -0.2) is 28.7 Å². The number of carbonyl (C=O) groups is 1. The number of nitrogens with zero attached hydrogens (tertiary/aromatic N) is 2. The van der Waals surface area contributed by atoms with Crippen molar-refractivity contribution in [2.24, 2.45) is 0 Å². The number of hydrogen-bond donors (Lipinski definition) is 0. The molecule has 0 aliphatic carbocycles. The van der Waals surface area contributed by atoms with Gasteiger partial charge in [0.15, 0.2) is 0 Å². The zero-order valence-corrected chi connectivity index (χ0v) is 10.5. The summed E-state index contributed by atoms with van der Waals surface area (Å²) in [6.07, 6.45) is 1.61. The largest absolute Gasteiger partial charge is 0.463 e. The Hall–Kier alpha value is -1.88. The molecule has 1 unspecified atom stereocenters. The minimum Gasteiger partial charge on any atom is -0.463 e. The topological polar surface area (TPSA) is 53.4 Å². The second kappa shape index (κ2) is 5.64. The van der Waals surface area contributed by atoms with Crippen LogP contribution in [0.2, 0.25) is 0 Å². The average molecular weight is 248 g/mol. The first-order valence-electron chi connectivity index (χ1n) is 5.85. The van der Waals surface area contributed by atoms with E-state index in [1.165, 1.54) is 6.92 Å². The van der Waals surface area contributed by atoms with Crippen LogP contribution < -0.4 is 0 Å². The average Bonchev–Trinajstić information content (AvgIpc) is 2.78. The van der Waals surface area contributed by atoms with Crippen LogP contribution in [0.25, 0.3) is 11.0 Å². The van der Waals surface area contributed by atoms with Gasteiger partial charge in [-0.1, -0.05) is 12.1 Å². The van der Waals surface area contributed by atoms with Crippen molar-refractivity contribution in [2.75, 3.05) is 13.2 Å². The van der Waals surface area contributed by atoms with Gasteiger partial charge in [0.2, 0.25) is 0 Å². The Kier molecular flexibility index (Phi) is 3.94. The van der Waals surface area contributed by atoms with E-state index in [0.717, 1.165) is 11.0 Å². The Morgan fingerprint density at radius 3 is 2.94 bits per heavy atom. The number of rotatable bonds is 5. The molecule has 18 heavy (non-hydrogen) atoms. The van der Waals surface area contributed by atoms with Crippen molar-refractivity contribution in [1.82, 2.24) is 9.55 Å². The maximum Gasteiger partial charge on any atom is 0.302 e. The molecule has 0 bridgehead atoms. The highest BCUT2D eigenvalue weighted by Gasteiger charge is 2.08. The van der Waals surface area contributed by atoms with E-state index in [0.29, 0.717) is 6.61 Å². The van der Waals surface area contributed by atoms with Crippen molar-refractivity contribution in [3.63, 3.8) is 0 Å². The molecular formula is C13H16N2O3. The highest BCUT2D eigenvalue weighted by Crippen LogP contribution is 2.17. The van der Waals surface area contributed by atoms with Gasteiger partial charge in [-0.15, -0.1) is 0 Å². The van der Waals surface area contributed by atoms with Crippen LogP contribution in [0.5, 0.6) is 0 Å². The predicted molar refractivity (Wildman–Crippen MR) is 67.0 cm³/mol. The molecule has 0 fully saturated rings. The maximum absolute atomic E-state index is 10.6. The molecule has 0 saturated carbocycles. The molecule has 2 rings (SSSR count). The normalized spacial score (nSPS) is 12.6. The lowest BCUT2D eigenvalue weighted by Gasteiger charge is -2.15. The summed E-state index contributed by atoms with van der Waals surface area (Å²) in [7, 11) is 0. The van der Waals surface area contributed by atoms with Crippen molar-refractivity contribution in [2.45, 2.75) is 20.1 Å². The molecule has 5 heteroatoms. The molecule has 5 nitrogen and oxygen atoms in total. The fraction of sp³-hybridized carbons (Fsp3) is 0.385. The zero-order chi connectivity index (χ0) is 13.0. The van der Waals surface area contributed by atoms with Crippen LogP contribution in [-0.2, 0) is 14.3 Å². The van der Waals surface area contributed by atoms with Crippen molar-refractivity contribution >= 4 is 17.0 Å². The fourth-order valence-electron chi connectivity index (χ4n) is 1.75. The molecule has 1 atom stereocenters. The number of benzene rings is 1. The van der Waals surface area contributed by atoms with Crippen LogP contribution in [0.4, 0.5) is 0 Å². The van der Waals surface area contributed by atoms with E-state index in [2.05, 4.69) is 4.98 Å². The second-order valence-electron chi connectivity index (χ2n) is 3.95. The van der Waals surface area contributed by atoms with Gasteiger partial charge in [-0.2, -0.15) is 0 Å². The fourth-order valence-corrected chi connectivity index (χ4v) is 1.75. The van der Waals surface area contributed by atoms with Crippen molar-refractivity contribution < 1.29 is 14.3 Å². The SMILES string of the molecule is CC(=O)OCCOC(C)n1cnc2ccccc21. The quantitative estimate of drug-likeness (QED) is 0.601. The number of fused-ring (bicyclic) bond motifs is 1. The monoisotopic (exact) mass is 248 g/mol. The summed E-state index contributed by atoms with van der Waals surface area (Å²) in [6, 6.07) is 7.86. The summed E-state index contributed by atoms with van der Waals surface area (Å²) < 4.78 is 12.3. The number of para-hydroxylation sites is 2. The Labute approximate surface area is 105 Å². The highest BCUT2D eigenvalue weighted by atomic mass is 16.6. The third-order valence-electron chi connectivity index (χ3n) is 2.62. The van der Waals surface area contributed by atoms with Crippen LogP contribution in [0.3, 0.4) is 0 Å². The molecule has 96 valence electrons. The van der Waals surface area contributed by atoms with Gasteiger partial charge in [0.1, 0.15) is 12.8 Å².